The molecule has 0 bridgehead atoms. The van der Waals surface area contributed by atoms with E-state index in [0.717, 1.165) is 34.0 Å². The number of alkyl halides is 1. The Bertz CT molecular complexity index is 986. The van der Waals surface area contributed by atoms with Crippen LogP contribution in [0.4, 0.5) is 5.69 Å². The average Bonchev–Trinajstić information content (AvgIpc) is 3.22. The van der Waals surface area contributed by atoms with Gasteiger partial charge in [0, 0.05) is 46.5 Å². The molecular formula is C20H21ClN4O2. The van der Waals surface area contributed by atoms with Gasteiger partial charge in [-0.3, -0.25) is 5.01 Å². The van der Waals surface area contributed by atoms with Crippen molar-refractivity contribution in [2.24, 2.45) is 0 Å². The van der Waals surface area contributed by atoms with Crippen LogP contribution in [-0.4, -0.2) is 29.3 Å². The van der Waals surface area contributed by atoms with Gasteiger partial charge in [-0.2, -0.15) is 0 Å². The Balaban J connectivity index is 1.78. The lowest BCUT2D eigenvalue weighted by Crippen LogP contribution is -2.29. The Morgan fingerprint density at radius 3 is 2.93 bits per heavy atom. The summed E-state index contributed by atoms with van der Waals surface area (Å²) in [6.07, 6.45) is 10.2. The number of hydrogen-bond acceptors (Lipinski definition) is 5. The zero-order valence-corrected chi connectivity index (χ0v) is 15.8. The molecule has 0 amide bonds. The first-order valence-electron chi connectivity index (χ1n) is 8.77. The smallest absolute Gasteiger partial charge is 0.168 e. The van der Waals surface area contributed by atoms with Crippen molar-refractivity contribution in [2.75, 3.05) is 30.3 Å². The molecule has 0 fully saturated rings. The van der Waals surface area contributed by atoms with E-state index >= 15 is 0 Å². The molecule has 0 aliphatic carbocycles. The average molecular weight is 385 g/mol. The highest BCUT2D eigenvalue weighted by atomic mass is 35.5. The number of rotatable bonds is 6. The standard InChI is InChI=1S/C20H21ClN4O2/c1-26-20-17-11-14-12-24(25-9-7-23-13-25)8-5-15(14)19(22)16(17)3-4-18(20)27-10-2-6-21/h3-5,7-9,11,13H,2,6,10,12,22H2,1H3. The van der Waals surface area contributed by atoms with Gasteiger partial charge < -0.3 is 15.2 Å². The number of nitrogens with zero attached hydrogens (tertiary/aromatic N) is 3. The third kappa shape index (κ3) is 3.17. The van der Waals surface area contributed by atoms with Gasteiger partial charge in [0.2, 0.25) is 0 Å². The molecule has 0 spiro atoms. The predicted octanol–water partition coefficient (Wildman–Crippen LogP) is 3.76. The van der Waals surface area contributed by atoms with E-state index in [9.17, 15) is 0 Å². The van der Waals surface area contributed by atoms with E-state index in [2.05, 4.69) is 16.1 Å². The normalized spacial score (nSPS) is 13.0. The first-order valence-corrected chi connectivity index (χ1v) is 9.30. The molecule has 1 aliphatic heterocycles. The molecule has 0 saturated heterocycles. The van der Waals surface area contributed by atoms with Gasteiger partial charge in [-0.05, 0) is 36.3 Å². The van der Waals surface area contributed by atoms with Crippen molar-refractivity contribution < 1.29 is 9.47 Å². The molecular weight excluding hydrogens is 364 g/mol. The molecule has 1 aliphatic rings. The fourth-order valence-corrected chi connectivity index (χ4v) is 3.48. The van der Waals surface area contributed by atoms with Gasteiger partial charge >= 0.3 is 0 Å². The van der Waals surface area contributed by atoms with E-state index in [1.54, 1.807) is 19.6 Å². The van der Waals surface area contributed by atoms with Gasteiger partial charge in [-0.15, -0.1) is 11.6 Å². The number of anilines is 1. The first-order chi connectivity index (χ1) is 13.2. The summed E-state index contributed by atoms with van der Waals surface area (Å²) >= 11 is 5.75. The first kappa shape index (κ1) is 17.5. The Labute approximate surface area is 162 Å². The molecule has 0 unspecified atom stereocenters. The molecule has 0 saturated carbocycles. The van der Waals surface area contributed by atoms with Crippen molar-refractivity contribution in [3.8, 4) is 11.5 Å². The van der Waals surface area contributed by atoms with Crippen molar-refractivity contribution >= 4 is 34.1 Å². The number of hydrogen-bond donors (Lipinski definition) is 1. The number of methoxy groups -OCH3 is 1. The number of nitrogens with two attached hydrogens (primary N) is 1. The largest absolute Gasteiger partial charge is 0.492 e. The van der Waals surface area contributed by atoms with Crippen LogP contribution < -0.4 is 20.2 Å². The molecule has 2 aromatic carbocycles. The molecule has 2 heterocycles. The van der Waals surface area contributed by atoms with Crippen molar-refractivity contribution in [1.82, 2.24) is 9.66 Å². The number of imidazole rings is 1. The lowest BCUT2D eigenvalue weighted by Gasteiger charge is -2.27. The van der Waals surface area contributed by atoms with E-state index in [-0.39, 0.29) is 0 Å². The molecule has 0 radical (unpaired) electrons. The summed E-state index contributed by atoms with van der Waals surface area (Å²) in [5, 5.41) is 3.96. The lowest BCUT2D eigenvalue weighted by molar-refractivity contribution is 0.297. The molecule has 140 valence electrons. The minimum atomic E-state index is 0.545. The van der Waals surface area contributed by atoms with E-state index in [1.807, 2.05) is 35.3 Å². The summed E-state index contributed by atoms with van der Waals surface area (Å²) in [5.74, 6) is 1.96. The Kier molecular flexibility index (Phi) is 4.81. The quantitative estimate of drug-likeness (QED) is 0.398. The molecule has 2 N–H and O–H groups in total. The van der Waals surface area contributed by atoms with Crippen molar-refractivity contribution in [3.63, 3.8) is 0 Å². The summed E-state index contributed by atoms with van der Waals surface area (Å²) < 4.78 is 13.5. The minimum Gasteiger partial charge on any atom is -0.492 e. The minimum absolute atomic E-state index is 0.545. The van der Waals surface area contributed by atoms with Crippen LogP contribution in [0, 0.1) is 0 Å². The van der Waals surface area contributed by atoms with Gasteiger partial charge in [-0.25, -0.2) is 9.66 Å². The SMILES string of the molecule is COc1c(OCCCCl)ccc2c(N)c3c(cc12)CN(n1ccnc1)C=C3. The summed E-state index contributed by atoms with van der Waals surface area (Å²) in [4.78, 5) is 4.11. The third-order valence-corrected chi connectivity index (χ3v) is 4.94. The number of nitrogen functional groups attached to an aromatic ring is 1. The Morgan fingerprint density at radius 2 is 2.19 bits per heavy atom. The zero-order chi connectivity index (χ0) is 18.8. The summed E-state index contributed by atoms with van der Waals surface area (Å²) in [6, 6.07) is 6.02. The maximum absolute atomic E-state index is 6.50. The summed E-state index contributed by atoms with van der Waals surface area (Å²) in [6.45, 7) is 1.23. The molecule has 4 rings (SSSR count). The number of aromatic nitrogens is 2. The monoisotopic (exact) mass is 384 g/mol. The highest BCUT2D eigenvalue weighted by Gasteiger charge is 2.19. The lowest BCUT2D eigenvalue weighted by atomic mass is 9.96. The van der Waals surface area contributed by atoms with Crippen molar-refractivity contribution in [3.05, 3.63) is 54.2 Å². The molecule has 6 nitrogen and oxygen atoms in total. The van der Waals surface area contributed by atoms with E-state index in [4.69, 9.17) is 26.8 Å². The van der Waals surface area contributed by atoms with Crippen molar-refractivity contribution in [1.29, 1.82) is 0 Å². The van der Waals surface area contributed by atoms with Crippen LogP contribution in [0.2, 0.25) is 0 Å². The Hall–Kier alpha value is -2.86. The van der Waals surface area contributed by atoms with E-state index < -0.39 is 0 Å². The Morgan fingerprint density at radius 1 is 1.30 bits per heavy atom. The van der Waals surface area contributed by atoms with Gasteiger partial charge in [0.25, 0.3) is 0 Å². The van der Waals surface area contributed by atoms with Crippen LogP contribution in [0.3, 0.4) is 0 Å². The van der Waals surface area contributed by atoms with Gasteiger partial charge in [0.15, 0.2) is 11.5 Å². The van der Waals surface area contributed by atoms with Gasteiger partial charge in [0.1, 0.15) is 6.33 Å². The molecule has 3 aromatic rings. The maximum Gasteiger partial charge on any atom is 0.168 e. The van der Waals surface area contributed by atoms with Crippen LogP contribution in [0.1, 0.15) is 17.5 Å². The van der Waals surface area contributed by atoms with Crippen molar-refractivity contribution in [2.45, 2.75) is 13.0 Å². The molecule has 1 aromatic heterocycles. The second kappa shape index (κ2) is 7.40. The number of ether oxygens (including phenoxy) is 2. The molecule has 27 heavy (non-hydrogen) atoms. The van der Waals surface area contributed by atoms with Crippen LogP contribution in [0.15, 0.2) is 43.1 Å². The highest BCUT2D eigenvalue weighted by Crippen LogP contribution is 2.41. The third-order valence-electron chi connectivity index (χ3n) is 4.68. The number of halogens is 1. The highest BCUT2D eigenvalue weighted by molar-refractivity contribution is 6.17. The van der Waals surface area contributed by atoms with E-state index in [1.165, 1.54) is 0 Å². The van der Waals surface area contributed by atoms with E-state index in [0.29, 0.717) is 30.5 Å². The second-order valence-corrected chi connectivity index (χ2v) is 6.68. The fraction of sp³-hybridized carbons (Fsp3) is 0.250. The summed E-state index contributed by atoms with van der Waals surface area (Å²) in [5.41, 5.74) is 9.40. The predicted molar refractivity (Wildman–Crippen MR) is 109 cm³/mol. The molecule has 0 atom stereocenters. The van der Waals surface area contributed by atoms with Gasteiger partial charge in [-0.1, -0.05) is 0 Å². The van der Waals surface area contributed by atoms with Crippen LogP contribution >= 0.6 is 11.6 Å². The van der Waals surface area contributed by atoms with Gasteiger partial charge in [0.05, 0.1) is 20.3 Å². The van der Waals surface area contributed by atoms with Crippen LogP contribution in [-0.2, 0) is 6.54 Å². The topological polar surface area (TPSA) is 65.5 Å². The maximum atomic E-state index is 6.50. The number of benzene rings is 2. The zero-order valence-electron chi connectivity index (χ0n) is 15.1. The fourth-order valence-electron chi connectivity index (χ4n) is 3.37. The van der Waals surface area contributed by atoms with Crippen LogP contribution in [0.5, 0.6) is 11.5 Å². The van der Waals surface area contributed by atoms with Crippen LogP contribution in [0.25, 0.3) is 16.8 Å². The molecule has 7 heteroatoms. The number of fused-ring (bicyclic) bond motifs is 2. The summed E-state index contributed by atoms with van der Waals surface area (Å²) in [7, 11) is 1.65. The second-order valence-electron chi connectivity index (χ2n) is 6.30.